The summed E-state index contributed by atoms with van der Waals surface area (Å²) in [6, 6.07) is 15.3. The molecule has 1 fully saturated rings. The van der Waals surface area contributed by atoms with Gasteiger partial charge in [-0.2, -0.15) is 0 Å². The van der Waals surface area contributed by atoms with Gasteiger partial charge < -0.3 is 19.3 Å². The standard InChI is InChI=1S/C25H22ClN7O2S/c26-22-6-5-21(36-22)20-13-17(31-35-20)14-33-19-4-2-1-3-18(19)30-24(33)25(34)29-16-8-11-32(12-9-16)23-7-10-27-15-28-23/h1-7,10,13,15-16H,8-9,11-12,14H2,(H,29,34). The first-order chi connectivity index (χ1) is 17.6. The van der Waals surface area contributed by atoms with Gasteiger partial charge in [-0.1, -0.05) is 28.9 Å². The third-order valence-electron chi connectivity index (χ3n) is 6.27. The topological polar surface area (TPSA) is 102 Å². The van der Waals surface area contributed by atoms with Crippen molar-refractivity contribution in [3.8, 4) is 10.6 Å². The van der Waals surface area contributed by atoms with Gasteiger partial charge in [-0.3, -0.25) is 4.79 Å². The van der Waals surface area contributed by atoms with E-state index in [9.17, 15) is 4.79 Å². The van der Waals surface area contributed by atoms with Gasteiger partial charge in [0, 0.05) is 31.4 Å². The molecule has 5 heterocycles. The number of hydrogen-bond donors (Lipinski definition) is 1. The molecule has 0 atom stereocenters. The largest absolute Gasteiger partial charge is 0.356 e. The third kappa shape index (κ3) is 4.57. The molecule has 1 aromatic carbocycles. The summed E-state index contributed by atoms with van der Waals surface area (Å²) in [6.45, 7) is 1.98. The molecule has 1 aliphatic heterocycles. The number of fused-ring (bicyclic) bond motifs is 1. The second-order valence-corrected chi connectivity index (χ2v) is 10.3. The zero-order valence-corrected chi connectivity index (χ0v) is 20.7. The van der Waals surface area contributed by atoms with E-state index in [1.807, 2.05) is 53.1 Å². The van der Waals surface area contributed by atoms with Crippen molar-refractivity contribution in [2.24, 2.45) is 0 Å². The summed E-state index contributed by atoms with van der Waals surface area (Å²) >= 11 is 7.49. The van der Waals surface area contributed by atoms with E-state index in [4.69, 9.17) is 16.1 Å². The predicted octanol–water partition coefficient (Wildman–Crippen LogP) is 4.64. The number of nitrogens with one attached hydrogen (secondary N) is 1. The van der Waals surface area contributed by atoms with E-state index in [1.54, 1.807) is 12.5 Å². The maximum Gasteiger partial charge on any atom is 0.287 e. The van der Waals surface area contributed by atoms with E-state index in [2.05, 4.69) is 30.3 Å². The minimum Gasteiger partial charge on any atom is -0.356 e. The maximum atomic E-state index is 13.4. The molecule has 36 heavy (non-hydrogen) atoms. The molecule has 1 saturated heterocycles. The van der Waals surface area contributed by atoms with Crippen LogP contribution in [0.15, 0.2) is 65.6 Å². The summed E-state index contributed by atoms with van der Waals surface area (Å²) in [5, 5.41) is 7.42. The number of thiophene rings is 1. The van der Waals surface area contributed by atoms with Gasteiger partial charge >= 0.3 is 0 Å². The first kappa shape index (κ1) is 22.7. The van der Waals surface area contributed by atoms with Crippen LogP contribution in [0.1, 0.15) is 29.2 Å². The second-order valence-electron chi connectivity index (χ2n) is 8.60. The van der Waals surface area contributed by atoms with Crippen molar-refractivity contribution in [2.45, 2.75) is 25.4 Å². The fourth-order valence-corrected chi connectivity index (χ4v) is 5.49. The normalized spacial score (nSPS) is 14.4. The molecule has 0 bridgehead atoms. The Morgan fingerprint density at radius 3 is 2.81 bits per heavy atom. The molecule has 0 radical (unpaired) electrons. The van der Waals surface area contributed by atoms with Gasteiger partial charge in [0.05, 0.1) is 26.8 Å². The number of hydrogen-bond acceptors (Lipinski definition) is 8. The van der Waals surface area contributed by atoms with Crippen LogP contribution in [0.4, 0.5) is 5.82 Å². The van der Waals surface area contributed by atoms with Crippen LogP contribution in [-0.4, -0.2) is 49.7 Å². The minimum atomic E-state index is -0.194. The van der Waals surface area contributed by atoms with Gasteiger partial charge in [0.15, 0.2) is 11.6 Å². The number of carbonyl (C=O) groups excluding carboxylic acids is 1. The number of aromatic nitrogens is 5. The SMILES string of the molecule is O=C(NC1CCN(c2ccncn2)CC1)c1nc2ccccc2n1Cc1cc(-c2ccc(Cl)s2)on1. The molecular weight excluding hydrogens is 498 g/mol. The number of nitrogens with zero attached hydrogens (tertiary/aromatic N) is 6. The zero-order chi connectivity index (χ0) is 24.5. The highest BCUT2D eigenvalue weighted by atomic mass is 35.5. The Kier molecular flexibility index (Phi) is 6.12. The number of para-hydroxylation sites is 2. The van der Waals surface area contributed by atoms with Crippen LogP contribution < -0.4 is 10.2 Å². The Balaban J connectivity index is 1.20. The van der Waals surface area contributed by atoms with Crippen molar-refractivity contribution in [2.75, 3.05) is 18.0 Å². The number of rotatable bonds is 6. The Morgan fingerprint density at radius 2 is 2.03 bits per heavy atom. The molecule has 11 heteroatoms. The molecular formula is C25H22ClN7O2S. The Hall–Kier alpha value is -3.76. The van der Waals surface area contributed by atoms with Crippen LogP contribution in [0.3, 0.4) is 0 Å². The third-order valence-corrected chi connectivity index (χ3v) is 7.52. The molecule has 9 nitrogen and oxygen atoms in total. The van der Waals surface area contributed by atoms with E-state index in [-0.39, 0.29) is 11.9 Å². The molecule has 182 valence electrons. The summed E-state index contributed by atoms with van der Waals surface area (Å²) in [7, 11) is 0. The lowest BCUT2D eigenvalue weighted by molar-refractivity contribution is 0.0917. The van der Waals surface area contributed by atoms with Gasteiger partial charge in [0.1, 0.15) is 17.8 Å². The number of imidazole rings is 1. The van der Waals surface area contributed by atoms with E-state index in [0.29, 0.717) is 28.2 Å². The highest BCUT2D eigenvalue weighted by molar-refractivity contribution is 7.19. The van der Waals surface area contributed by atoms with Crippen LogP contribution in [0, 0.1) is 0 Å². The average molecular weight is 520 g/mol. The van der Waals surface area contributed by atoms with Gasteiger partial charge in [0.2, 0.25) is 0 Å². The lowest BCUT2D eigenvalue weighted by Crippen LogP contribution is -2.45. The van der Waals surface area contributed by atoms with Crippen molar-refractivity contribution in [1.29, 1.82) is 0 Å². The van der Waals surface area contributed by atoms with Gasteiger partial charge in [0.25, 0.3) is 5.91 Å². The molecule has 0 unspecified atom stereocenters. The maximum absolute atomic E-state index is 13.4. The minimum absolute atomic E-state index is 0.0612. The van der Waals surface area contributed by atoms with Gasteiger partial charge in [-0.25, -0.2) is 15.0 Å². The average Bonchev–Trinajstić information content (AvgIpc) is 3.64. The van der Waals surface area contributed by atoms with Crippen LogP contribution in [-0.2, 0) is 6.54 Å². The molecule has 0 aliphatic carbocycles. The zero-order valence-electron chi connectivity index (χ0n) is 19.2. The molecule has 0 spiro atoms. The molecule has 4 aromatic heterocycles. The predicted molar refractivity (Wildman–Crippen MR) is 138 cm³/mol. The summed E-state index contributed by atoms with van der Waals surface area (Å²) in [5.41, 5.74) is 2.32. The highest BCUT2D eigenvalue weighted by Gasteiger charge is 2.25. The number of piperidine rings is 1. The fraction of sp³-hybridized carbons (Fsp3) is 0.240. The van der Waals surface area contributed by atoms with Crippen molar-refractivity contribution < 1.29 is 9.32 Å². The Labute approximate surface area is 215 Å². The number of amides is 1. The summed E-state index contributed by atoms with van der Waals surface area (Å²) in [6.07, 6.45) is 4.95. The molecule has 1 N–H and O–H groups in total. The first-order valence-electron chi connectivity index (χ1n) is 11.6. The quantitative estimate of drug-likeness (QED) is 0.348. The number of benzene rings is 1. The van der Waals surface area contributed by atoms with Crippen LogP contribution in [0.25, 0.3) is 21.7 Å². The van der Waals surface area contributed by atoms with Crippen molar-refractivity contribution in [1.82, 2.24) is 30.0 Å². The number of carbonyl (C=O) groups is 1. The monoisotopic (exact) mass is 519 g/mol. The number of halogens is 1. The lowest BCUT2D eigenvalue weighted by atomic mass is 10.0. The molecule has 1 aliphatic rings. The van der Waals surface area contributed by atoms with Gasteiger partial charge in [-0.15, -0.1) is 11.3 Å². The van der Waals surface area contributed by atoms with Crippen LogP contribution >= 0.6 is 22.9 Å². The first-order valence-corrected chi connectivity index (χ1v) is 12.8. The summed E-state index contributed by atoms with van der Waals surface area (Å²) in [4.78, 5) is 29.5. The lowest BCUT2D eigenvalue weighted by Gasteiger charge is -2.32. The Bertz CT molecular complexity index is 1510. The van der Waals surface area contributed by atoms with Crippen LogP contribution in [0.5, 0.6) is 0 Å². The van der Waals surface area contributed by atoms with Crippen molar-refractivity contribution in [3.05, 3.63) is 76.9 Å². The summed E-state index contributed by atoms with van der Waals surface area (Å²) in [5.74, 6) is 1.72. The summed E-state index contributed by atoms with van der Waals surface area (Å²) < 4.78 is 8.13. The smallest absolute Gasteiger partial charge is 0.287 e. The number of anilines is 1. The molecule has 5 aromatic rings. The van der Waals surface area contributed by atoms with Crippen molar-refractivity contribution in [3.63, 3.8) is 0 Å². The molecule has 6 rings (SSSR count). The second kappa shape index (κ2) is 9.71. The van der Waals surface area contributed by atoms with Crippen LogP contribution in [0.2, 0.25) is 4.34 Å². The molecule has 0 saturated carbocycles. The van der Waals surface area contributed by atoms with Gasteiger partial charge in [-0.05, 0) is 43.2 Å². The highest BCUT2D eigenvalue weighted by Crippen LogP contribution is 2.31. The van der Waals surface area contributed by atoms with Crippen molar-refractivity contribution >= 4 is 45.7 Å². The Morgan fingerprint density at radius 1 is 1.17 bits per heavy atom. The van der Waals surface area contributed by atoms with E-state index in [1.165, 1.54) is 11.3 Å². The van der Waals surface area contributed by atoms with E-state index >= 15 is 0 Å². The fourth-order valence-electron chi connectivity index (χ4n) is 4.49. The molecule has 1 amide bonds. The van der Waals surface area contributed by atoms with E-state index in [0.717, 1.165) is 47.7 Å². The van der Waals surface area contributed by atoms with E-state index < -0.39 is 0 Å².